The second-order valence-electron chi connectivity index (χ2n) is 6.82. The van der Waals surface area contributed by atoms with Gasteiger partial charge in [0.2, 0.25) is 0 Å². The highest BCUT2D eigenvalue weighted by molar-refractivity contribution is 6.32. The van der Waals surface area contributed by atoms with E-state index in [0.717, 1.165) is 16.7 Å². The van der Waals surface area contributed by atoms with Crippen LogP contribution in [0.25, 0.3) is 0 Å². The SMILES string of the molecule is CNC(=O)c1cc(Oc2ccc(CNC(=O)Nc3cc(C)cnc3Cl)cc2C)ccn1. The number of nitrogens with one attached hydrogen (secondary N) is 3. The van der Waals surface area contributed by atoms with Gasteiger partial charge < -0.3 is 20.7 Å². The molecule has 3 N–H and O–H groups in total. The summed E-state index contributed by atoms with van der Waals surface area (Å²) < 4.78 is 5.89. The summed E-state index contributed by atoms with van der Waals surface area (Å²) in [7, 11) is 1.54. The van der Waals surface area contributed by atoms with Gasteiger partial charge in [-0.15, -0.1) is 0 Å². The molecule has 31 heavy (non-hydrogen) atoms. The lowest BCUT2D eigenvalue weighted by Gasteiger charge is -2.12. The van der Waals surface area contributed by atoms with Crippen LogP contribution in [0.2, 0.25) is 5.15 Å². The maximum atomic E-state index is 12.2. The van der Waals surface area contributed by atoms with E-state index >= 15 is 0 Å². The van der Waals surface area contributed by atoms with Gasteiger partial charge in [-0.05, 0) is 48.7 Å². The predicted octanol–water partition coefficient (Wildman–Crippen LogP) is 4.22. The number of rotatable bonds is 6. The first-order valence-electron chi connectivity index (χ1n) is 9.48. The largest absolute Gasteiger partial charge is 0.457 e. The standard InChI is InChI=1S/C22H22ClN5O3/c1-13-8-17(20(23)26-11-13)28-22(30)27-12-15-4-5-19(14(2)9-15)31-16-6-7-25-18(10-16)21(29)24-3/h4-11H,12H2,1-3H3,(H,24,29)(H2,27,28,30). The molecule has 0 unspecified atom stereocenters. The third-order valence-corrected chi connectivity index (χ3v) is 4.64. The number of carbonyl (C=O) groups excluding carboxylic acids is 2. The van der Waals surface area contributed by atoms with Gasteiger partial charge in [0.25, 0.3) is 5.91 Å². The summed E-state index contributed by atoms with van der Waals surface area (Å²) in [4.78, 5) is 31.9. The smallest absolute Gasteiger partial charge is 0.319 e. The van der Waals surface area contributed by atoms with Crippen molar-refractivity contribution >= 4 is 29.2 Å². The van der Waals surface area contributed by atoms with E-state index in [0.29, 0.717) is 23.7 Å². The lowest BCUT2D eigenvalue weighted by molar-refractivity contribution is 0.0958. The number of halogens is 1. The van der Waals surface area contributed by atoms with Crippen molar-refractivity contribution in [1.82, 2.24) is 20.6 Å². The van der Waals surface area contributed by atoms with Crippen molar-refractivity contribution in [1.29, 1.82) is 0 Å². The fourth-order valence-electron chi connectivity index (χ4n) is 2.78. The molecule has 0 aliphatic rings. The van der Waals surface area contributed by atoms with Crippen LogP contribution in [0.4, 0.5) is 10.5 Å². The average Bonchev–Trinajstić information content (AvgIpc) is 2.76. The molecule has 8 nitrogen and oxygen atoms in total. The summed E-state index contributed by atoms with van der Waals surface area (Å²) in [5, 5.41) is 8.24. The van der Waals surface area contributed by atoms with Gasteiger partial charge in [-0.1, -0.05) is 23.7 Å². The molecule has 2 aromatic heterocycles. The number of aromatic nitrogens is 2. The van der Waals surface area contributed by atoms with E-state index < -0.39 is 0 Å². The molecule has 3 aromatic rings. The molecule has 0 radical (unpaired) electrons. The lowest BCUT2D eigenvalue weighted by Crippen LogP contribution is -2.28. The minimum Gasteiger partial charge on any atom is -0.457 e. The Morgan fingerprint density at radius 2 is 1.90 bits per heavy atom. The monoisotopic (exact) mass is 439 g/mol. The van der Waals surface area contributed by atoms with Gasteiger partial charge in [-0.3, -0.25) is 9.78 Å². The zero-order valence-corrected chi connectivity index (χ0v) is 18.1. The molecule has 1 aromatic carbocycles. The van der Waals surface area contributed by atoms with Crippen molar-refractivity contribution in [2.75, 3.05) is 12.4 Å². The molecule has 0 fully saturated rings. The van der Waals surface area contributed by atoms with Crippen LogP contribution in [-0.2, 0) is 6.54 Å². The highest BCUT2D eigenvalue weighted by Gasteiger charge is 2.10. The number of aryl methyl sites for hydroxylation is 2. The van der Waals surface area contributed by atoms with Crippen LogP contribution in [0, 0.1) is 13.8 Å². The maximum absolute atomic E-state index is 12.2. The number of benzene rings is 1. The number of nitrogens with zero attached hydrogens (tertiary/aromatic N) is 2. The molecule has 0 aliphatic carbocycles. The van der Waals surface area contributed by atoms with Crippen molar-refractivity contribution in [3.8, 4) is 11.5 Å². The number of hydrogen-bond acceptors (Lipinski definition) is 5. The van der Waals surface area contributed by atoms with E-state index in [1.807, 2.05) is 32.0 Å². The topological polar surface area (TPSA) is 105 Å². The van der Waals surface area contributed by atoms with Crippen LogP contribution >= 0.6 is 11.6 Å². The van der Waals surface area contributed by atoms with E-state index in [4.69, 9.17) is 16.3 Å². The summed E-state index contributed by atoms with van der Waals surface area (Å²) in [5.74, 6) is 0.857. The summed E-state index contributed by atoms with van der Waals surface area (Å²) >= 11 is 6.00. The van der Waals surface area contributed by atoms with Crippen molar-refractivity contribution in [3.05, 3.63) is 76.3 Å². The summed E-state index contributed by atoms with van der Waals surface area (Å²) in [6.07, 6.45) is 3.14. The molecule has 3 amide bonds. The Kier molecular flexibility index (Phi) is 7.04. The van der Waals surface area contributed by atoms with Gasteiger partial charge in [-0.2, -0.15) is 0 Å². The number of anilines is 1. The molecule has 0 atom stereocenters. The first kappa shape index (κ1) is 22.0. The van der Waals surface area contributed by atoms with E-state index in [1.54, 1.807) is 31.4 Å². The molecule has 160 valence electrons. The molecule has 2 heterocycles. The second kappa shape index (κ2) is 9.90. The molecule has 9 heteroatoms. The first-order valence-corrected chi connectivity index (χ1v) is 9.86. The Labute approximate surface area is 185 Å². The molecule has 0 bridgehead atoms. The molecule has 0 saturated carbocycles. The van der Waals surface area contributed by atoms with Crippen LogP contribution in [-0.4, -0.2) is 29.0 Å². The zero-order chi connectivity index (χ0) is 22.4. The van der Waals surface area contributed by atoms with Gasteiger partial charge in [0.1, 0.15) is 17.2 Å². The molecule has 3 rings (SSSR count). The van der Waals surface area contributed by atoms with Gasteiger partial charge >= 0.3 is 6.03 Å². The zero-order valence-electron chi connectivity index (χ0n) is 17.3. The molecule has 0 saturated heterocycles. The third kappa shape index (κ3) is 5.93. The normalized spacial score (nSPS) is 10.3. The van der Waals surface area contributed by atoms with Crippen LogP contribution in [0.5, 0.6) is 11.5 Å². The summed E-state index contributed by atoms with van der Waals surface area (Å²) in [6, 6.07) is 10.2. The second-order valence-corrected chi connectivity index (χ2v) is 7.17. The number of carbonyl (C=O) groups is 2. The Hall–Kier alpha value is -3.65. The average molecular weight is 440 g/mol. The van der Waals surface area contributed by atoms with Crippen LogP contribution in [0.15, 0.2) is 48.8 Å². The van der Waals surface area contributed by atoms with Crippen LogP contribution < -0.4 is 20.7 Å². The Bertz CT molecular complexity index is 1120. The Morgan fingerprint density at radius 1 is 1.10 bits per heavy atom. The number of urea groups is 1. The first-order chi connectivity index (χ1) is 14.9. The fraction of sp³-hybridized carbons (Fsp3) is 0.182. The van der Waals surface area contributed by atoms with Gasteiger partial charge in [0.05, 0.1) is 5.69 Å². The van der Waals surface area contributed by atoms with Crippen molar-refractivity contribution in [2.24, 2.45) is 0 Å². The van der Waals surface area contributed by atoms with E-state index in [2.05, 4.69) is 25.9 Å². The molecule has 0 aliphatic heterocycles. The number of hydrogen-bond donors (Lipinski definition) is 3. The van der Waals surface area contributed by atoms with Crippen molar-refractivity contribution in [3.63, 3.8) is 0 Å². The van der Waals surface area contributed by atoms with Gasteiger partial charge in [0, 0.05) is 32.1 Å². The molecule has 0 spiro atoms. The highest BCUT2D eigenvalue weighted by Crippen LogP contribution is 2.26. The van der Waals surface area contributed by atoms with Crippen molar-refractivity contribution < 1.29 is 14.3 Å². The van der Waals surface area contributed by atoms with Crippen molar-refractivity contribution in [2.45, 2.75) is 20.4 Å². The Morgan fingerprint density at radius 3 is 2.65 bits per heavy atom. The van der Waals surface area contributed by atoms with Gasteiger partial charge in [0.15, 0.2) is 5.15 Å². The van der Waals surface area contributed by atoms with Crippen LogP contribution in [0.3, 0.4) is 0 Å². The maximum Gasteiger partial charge on any atom is 0.319 e. The summed E-state index contributed by atoms with van der Waals surface area (Å²) in [5.41, 5.74) is 3.39. The predicted molar refractivity (Wildman–Crippen MR) is 119 cm³/mol. The number of ether oxygens (including phenoxy) is 1. The van der Waals surface area contributed by atoms with Gasteiger partial charge in [-0.25, -0.2) is 9.78 Å². The van der Waals surface area contributed by atoms with E-state index in [9.17, 15) is 9.59 Å². The Balaban J connectivity index is 1.61. The molecular weight excluding hydrogens is 418 g/mol. The third-order valence-electron chi connectivity index (χ3n) is 4.34. The van der Waals surface area contributed by atoms with E-state index in [1.165, 1.54) is 6.20 Å². The quantitative estimate of drug-likeness (QED) is 0.499. The lowest BCUT2D eigenvalue weighted by atomic mass is 10.1. The van der Waals surface area contributed by atoms with Crippen LogP contribution in [0.1, 0.15) is 27.2 Å². The highest BCUT2D eigenvalue weighted by atomic mass is 35.5. The minimum atomic E-state index is -0.384. The summed E-state index contributed by atoms with van der Waals surface area (Å²) in [6.45, 7) is 4.09. The molecular formula is C22H22ClN5O3. The fourth-order valence-corrected chi connectivity index (χ4v) is 2.93. The number of pyridine rings is 2. The number of amides is 3. The minimum absolute atomic E-state index is 0.230. The van der Waals surface area contributed by atoms with E-state index in [-0.39, 0.29) is 22.8 Å².